The molecule has 0 amide bonds. The summed E-state index contributed by atoms with van der Waals surface area (Å²) in [7, 11) is 0. The summed E-state index contributed by atoms with van der Waals surface area (Å²) in [6.07, 6.45) is 5.30. The van der Waals surface area contributed by atoms with Crippen molar-refractivity contribution in [2.45, 2.75) is 25.9 Å². The number of hydrogen-bond acceptors (Lipinski definition) is 2. The largest absolute Gasteiger partial charge is 0.388 e. The molecular weight excluding hydrogens is 222 g/mol. The van der Waals surface area contributed by atoms with Gasteiger partial charge in [0.25, 0.3) is 0 Å². The minimum Gasteiger partial charge on any atom is -0.388 e. The van der Waals surface area contributed by atoms with Crippen molar-refractivity contribution in [3.63, 3.8) is 0 Å². The molecule has 1 aromatic carbocycles. The number of nitrogens with zero attached hydrogens (tertiary/aromatic N) is 1. The standard InChI is InChI=1S/C16H17NO/c1-11-6-12(10-17-9-11)7-14-8-13-4-2-3-5-15(13)16(14)18/h2-6,9-10,14,16,18H,7-8H2,1H3. The molecule has 1 aliphatic carbocycles. The average molecular weight is 239 g/mol. The molecule has 0 saturated carbocycles. The lowest BCUT2D eigenvalue weighted by atomic mass is 9.95. The van der Waals surface area contributed by atoms with Gasteiger partial charge in [-0.05, 0) is 47.9 Å². The van der Waals surface area contributed by atoms with Crippen molar-refractivity contribution >= 4 is 0 Å². The van der Waals surface area contributed by atoms with E-state index in [2.05, 4.69) is 24.0 Å². The third kappa shape index (κ3) is 2.04. The highest BCUT2D eigenvalue weighted by atomic mass is 16.3. The molecule has 2 heteroatoms. The number of fused-ring (bicyclic) bond motifs is 1. The zero-order chi connectivity index (χ0) is 12.5. The first-order valence-corrected chi connectivity index (χ1v) is 6.40. The Bertz CT molecular complexity index is 565. The number of aliphatic hydroxyl groups is 1. The van der Waals surface area contributed by atoms with Crippen molar-refractivity contribution in [1.82, 2.24) is 4.98 Å². The molecule has 3 rings (SSSR count). The molecule has 2 atom stereocenters. The molecule has 1 aromatic heterocycles. The molecule has 1 aliphatic rings. The van der Waals surface area contributed by atoms with E-state index in [0.29, 0.717) is 0 Å². The van der Waals surface area contributed by atoms with E-state index in [0.717, 1.165) is 18.4 Å². The van der Waals surface area contributed by atoms with Gasteiger partial charge in [-0.3, -0.25) is 4.98 Å². The summed E-state index contributed by atoms with van der Waals surface area (Å²) < 4.78 is 0. The minimum atomic E-state index is -0.332. The predicted octanol–water partition coefficient (Wildman–Crippen LogP) is 2.84. The molecular formula is C16H17NO. The summed E-state index contributed by atoms with van der Waals surface area (Å²) in [5.41, 5.74) is 4.78. The second-order valence-corrected chi connectivity index (χ2v) is 5.18. The summed E-state index contributed by atoms with van der Waals surface area (Å²) in [6.45, 7) is 2.05. The third-order valence-corrected chi connectivity index (χ3v) is 3.73. The maximum Gasteiger partial charge on any atom is 0.0827 e. The molecule has 0 fully saturated rings. The van der Waals surface area contributed by atoms with Crippen molar-refractivity contribution in [2.75, 3.05) is 0 Å². The van der Waals surface area contributed by atoms with Crippen LogP contribution in [0, 0.1) is 12.8 Å². The van der Waals surface area contributed by atoms with Crippen LogP contribution in [0.25, 0.3) is 0 Å². The fraction of sp³-hybridized carbons (Fsp3) is 0.312. The number of rotatable bonds is 2. The lowest BCUT2D eigenvalue weighted by molar-refractivity contribution is 0.123. The van der Waals surface area contributed by atoms with Crippen molar-refractivity contribution < 1.29 is 5.11 Å². The molecule has 0 saturated heterocycles. The van der Waals surface area contributed by atoms with Crippen LogP contribution in [-0.2, 0) is 12.8 Å². The van der Waals surface area contributed by atoms with E-state index in [1.807, 2.05) is 30.6 Å². The van der Waals surface area contributed by atoms with E-state index < -0.39 is 0 Å². The van der Waals surface area contributed by atoms with Crippen LogP contribution in [0.4, 0.5) is 0 Å². The minimum absolute atomic E-state index is 0.283. The van der Waals surface area contributed by atoms with E-state index in [4.69, 9.17) is 0 Å². The summed E-state index contributed by atoms with van der Waals surface area (Å²) >= 11 is 0. The smallest absolute Gasteiger partial charge is 0.0827 e. The monoisotopic (exact) mass is 239 g/mol. The second kappa shape index (κ2) is 4.54. The first-order valence-electron chi connectivity index (χ1n) is 6.40. The van der Waals surface area contributed by atoms with Gasteiger partial charge in [-0.15, -0.1) is 0 Å². The number of hydrogen-bond donors (Lipinski definition) is 1. The van der Waals surface area contributed by atoms with E-state index in [-0.39, 0.29) is 12.0 Å². The Hall–Kier alpha value is -1.67. The van der Waals surface area contributed by atoms with Crippen LogP contribution >= 0.6 is 0 Å². The molecule has 2 aromatic rings. The van der Waals surface area contributed by atoms with Crippen molar-refractivity contribution in [2.24, 2.45) is 5.92 Å². The van der Waals surface area contributed by atoms with Gasteiger partial charge in [-0.25, -0.2) is 0 Å². The summed E-state index contributed by atoms with van der Waals surface area (Å²) in [5, 5.41) is 10.4. The van der Waals surface area contributed by atoms with Gasteiger partial charge < -0.3 is 5.11 Å². The van der Waals surface area contributed by atoms with E-state index >= 15 is 0 Å². The Morgan fingerprint density at radius 1 is 1.28 bits per heavy atom. The molecule has 0 radical (unpaired) electrons. The Morgan fingerprint density at radius 3 is 2.89 bits per heavy atom. The van der Waals surface area contributed by atoms with Crippen LogP contribution < -0.4 is 0 Å². The zero-order valence-corrected chi connectivity index (χ0v) is 10.5. The molecule has 0 aliphatic heterocycles. The summed E-state index contributed by atoms with van der Waals surface area (Å²) in [5.74, 6) is 0.283. The highest BCUT2D eigenvalue weighted by molar-refractivity contribution is 5.35. The molecule has 2 unspecified atom stereocenters. The van der Waals surface area contributed by atoms with Crippen molar-refractivity contribution in [3.8, 4) is 0 Å². The van der Waals surface area contributed by atoms with Gasteiger partial charge in [0.15, 0.2) is 0 Å². The van der Waals surface area contributed by atoms with Crippen LogP contribution in [0.5, 0.6) is 0 Å². The van der Waals surface area contributed by atoms with Gasteiger partial charge in [0.1, 0.15) is 0 Å². The maximum absolute atomic E-state index is 10.4. The highest BCUT2D eigenvalue weighted by Gasteiger charge is 2.30. The van der Waals surface area contributed by atoms with Gasteiger partial charge in [0, 0.05) is 12.4 Å². The SMILES string of the molecule is Cc1cncc(CC2Cc3ccccc3C2O)c1. The van der Waals surface area contributed by atoms with Crippen molar-refractivity contribution in [1.29, 1.82) is 0 Å². The first-order chi connectivity index (χ1) is 8.74. The molecule has 1 heterocycles. The lowest BCUT2D eigenvalue weighted by Crippen LogP contribution is -2.10. The van der Waals surface area contributed by atoms with E-state index in [9.17, 15) is 5.11 Å². The number of aromatic nitrogens is 1. The average Bonchev–Trinajstić information content (AvgIpc) is 2.67. The van der Waals surface area contributed by atoms with Gasteiger partial charge in [0.2, 0.25) is 0 Å². The maximum atomic E-state index is 10.4. The molecule has 0 spiro atoms. The van der Waals surface area contributed by atoms with Gasteiger partial charge in [-0.1, -0.05) is 30.3 Å². The van der Waals surface area contributed by atoms with Crippen LogP contribution in [0.1, 0.15) is 28.4 Å². The molecule has 1 N–H and O–H groups in total. The quantitative estimate of drug-likeness (QED) is 0.874. The first kappa shape index (κ1) is 11.4. The van der Waals surface area contributed by atoms with Gasteiger partial charge in [-0.2, -0.15) is 0 Å². The number of aliphatic hydroxyl groups excluding tert-OH is 1. The Morgan fingerprint density at radius 2 is 2.11 bits per heavy atom. The number of aryl methyl sites for hydroxylation is 1. The number of benzene rings is 1. The lowest BCUT2D eigenvalue weighted by Gasteiger charge is -2.15. The molecule has 92 valence electrons. The molecule has 2 nitrogen and oxygen atoms in total. The normalized spacial score (nSPS) is 21.9. The summed E-state index contributed by atoms with van der Waals surface area (Å²) in [4.78, 5) is 4.22. The fourth-order valence-electron chi connectivity index (χ4n) is 2.87. The number of pyridine rings is 1. The Balaban J connectivity index is 1.81. The van der Waals surface area contributed by atoms with E-state index in [1.54, 1.807) is 0 Å². The zero-order valence-electron chi connectivity index (χ0n) is 10.5. The molecule has 0 bridgehead atoms. The van der Waals surface area contributed by atoms with Crippen molar-refractivity contribution in [3.05, 3.63) is 65.0 Å². The topological polar surface area (TPSA) is 33.1 Å². The second-order valence-electron chi connectivity index (χ2n) is 5.18. The van der Waals surface area contributed by atoms with Crippen LogP contribution in [0.2, 0.25) is 0 Å². The van der Waals surface area contributed by atoms with Crippen LogP contribution in [0.3, 0.4) is 0 Å². The van der Waals surface area contributed by atoms with E-state index in [1.165, 1.54) is 16.7 Å². The van der Waals surface area contributed by atoms with Crippen LogP contribution in [0.15, 0.2) is 42.7 Å². The third-order valence-electron chi connectivity index (χ3n) is 3.73. The fourth-order valence-corrected chi connectivity index (χ4v) is 2.87. The van der Waals surface area contributed by atoms with Crippen LogP contribution in [-0.4, -0.2) is 10.1 Å². The van der Waals surface area contributed by atoms with Gasteiger partial charge >= 0.3 is 0 Å². The van der Waals surface area contributed by atoms with Gasteiger partial charge in [0.05, 0.1) is 6.10 Å². The predicted molar refractivity (Wildman–Crippen MR) is 71.3 cm³/mol. The Kier molecular flexibility index (Phi) is 2.88. The summed E-state index contributed by atoms with van der Waals surface area (Å²) in [6, 6.07) is 10.4. The molecule has 18 heavy (non-hydrogen) atoms. The highest BCUT2D eigenvalue weighted by Crippen LogP contribution is 2.37. The Labute approximate surface area is 107 Å².